The summed E-state index contributed by atoms with van der Waals surface area (Å²) in [6.07, 6.45) is 3.99. The van der Waals surface area contributed by atoms with Gasteiger partial charge in [0.2, 0.25) is 0 Å². The molecule has 2 aromatic heterocycles. The predicted octanol–water partition coefficient (Wildman–Crippen LogP) is 4.27. The van der Waals surface area contributed by atoms with E-state index in [4.69, 9.17) is 5.26 Å². The average Bonchev–Trinajstić information content (AvgIpc) is 3.56. The molecule has 0 saturated carbocycles. The van der Waals surface area contributed by atoms with Crippen LogP contribution in [0.25, 0.3) is 28.3 Å². The van der Waals surface area contributed by atoms with Crippen molar-refractivity contribution >= 4 is 5.69 Å². The van der Waals surface area contributed by atoms with Crippen molar-refractivity contribution in [3.8, 4) is 34.4 Å². The van der Waals surface area contributed by atoms with Crippen LogP contribution in [0.4, 0.5) is 5.69 Å². The third-order valence-electron chi connectivity index (χ3n) is 7.42. The Bertz CT molecular complexity index is 1420. The third kappa shape index (κ3) is 3.80. The molecule has 7 nitrogen and oxygen atoms in total. The van der Waals surface area contributed by atoms with E-state index >= 15 is 0 Å². The standard InChI is InChI=1S/C28H29N7/c1-19-13-33(17-24(19)14-32(2)3)25-8-9-26-23(10-25)16-34-15-22(21-6-4-20(12-29)5-7-21)11-27(34)28-31-30-18-35(26)28/h4-11,15,18-19,24H,13-14,16-17H2,1-3H3/t19-,24-/m0/s1. The van der Waals surface area contributed by atoms with E-state index < -0.39 is 0 Å². The van der Waals surface area contributed by atoms with E-state index in [1.807, 2.05) is 30.6 Å². The SMILES string of the molecule is C[C@H]1CN(c2ccc3c(c2)Cn2cc(-c4ccc(C#N)cc4)cc2-c2nncn2-3)C[C@@H]1CN(C)C. The molecule has 4 heterocycles. The van der Waals surface area contributed by atoms with Gasteiger partial charge in [-0.25, -0.2) is 0 Å². The van der Waals surface area contributed by atoms with Gasteiger partial charge in [0, 0.05) is 43.6 Å². The highest BCUT2D eigenvalue weighted by atomic mass is 15.3. The minimum absolute atomic E-state index is 0.666. The first-order chi connectivity index (χ1) is 17.0. The van der Waals surface area contributed by atoms with E-state index in [2.05, 4.69) is 86.7 Å². The zero-order valence-corrected chi connectivity index (χ0v) is 20.4. The quantitative estimate of drug-likeness (QED) is 0.398. The molecule has 2 atom stereocenters. The Morgan fingerprint density at radius 2 is 1.89 bits per heavy atom. The average molecular weight is 464 g/mol. The largest absolute Gasteiger partial charge is 0.371 e. The van der Waals surface area contributed by atoms with Crippen molar-refractivity contribution in [1.82, 2.24) is 24.2 Å². The lowest BCUT2D eigenvalue weighted by Gasteiger charge is -2.22. The molecule has 6 rings (SSSR count). The summed E-state index contributed by atoms with van der Waals surface area (Å²) in [6, 6.07) is 18.9. The van der Waals surface area contributed by atoms with Crippen LogP contribution >= 0.6 is 0 Å². The lowest BCUT2D eigenvalue weighted by atomic mass is 9.98. The monoisotopic (exact) mass is 463 g/mol. The molecule has 0 radical (unpaired) electrons. The van der Waals surface area contributed by atoms with Crippen LogP contribution in [0.1, 0.15) is 18.1 Å². The highest BCUT2D eigenvalue weighted by Gasteiger charge is 2.31. The summed E-state index contributed by atoms with van der Waals surface area (Å²) in [5.41, 5.74) is 7.58. The van der Waals surface area contributed by atoms with Crippen molar-refractivity contribution in [2.24, 2.45) is 11.8 Å². The third-order valence-corrected chi connectivity index (χ3v) is 7.42. The summed E-state index contributed by atoms with van der Waals surface area (Å²) in [6.45, 7) is 6.44. The molecule has 0 spiro atoms. The van der Waals surface area contributed by atoms with Crippen LogP contribution in [0, 0.1) is 23.2 Å². The number of benzene rings is 2. The summed E-state index contributed by atoms with van der Waals surface area (Å²) < 4.78 is 4.37. The second-order valence-corrected chi connectivity index (χ2v) is 10.2. The summed E-state index contributed by atoms with van der Waals surface area (Å²) in [5, 5.41) is 17.8. The maximum Gasteiger partial charge on any atom is 0.185 e. The minimum Gasteiger partial charge on any atom is -0.371 e. The van der Waals surface area contributed by atoms with Gasteiger partial charge in [-0.05, 0) is 73.5 Å². The van der Waals surface area contributed by atoms with Gasteiger partial charge in [-0.15, -0.1) is 10.2 Å². The number of aromatic nitrogens is 4. The first kappa shape index (κ1) is 21.6. The number of nitriles is 1. The number of fused-ring (bicyclic) bond motifs is 5. The lowest BCUT2D eigenvalue weighted by molar-refractivity contribution is 0.301. The fourth-order valence-corrected chi connectivity index (χ4v) is 5.58. The number of anilines is 1. The van der Waals surface area contributed by atoms with Crippen molar-refractivity contribution in [1.29, 1.82) is 5.26 Å². The van der Waals surface area contributed by atoms with Gasteiger partial charge in [0.25, 0.3) is 0 Å². The summed E-state index contributed by atoms with van der Waals surface area (Å²) in [5.74, 6) is 2.20. The molecule has 4 aromatic rings. The van der Waals surface area contributed by atoms with Crippen molar-refractivity contribution in [3.63, 3.8) is 0 Å². The summed E-state index contributed by atoms with van der Waals surface area (Å²) >= 11 is 0. The Morgan fingerprint density at radius 1 is 1.06 bits per heavy atom. The van der Waals surface area contributed by atoms with E-state index in [0.717, 1.165) is 54.5 Å². The van der Waals surface area contributed by atoms with Crippen LogP contribution in [0.5, 0.6) is 0 Å². The highest BCUT2D eigenvalue weighted by molar-refractivity contribution is 5.72. The van der Waals surface area contributed by atoms with Gasteiger partial charge in [0.15, 0.2) is 5.82 Å². The van der Waals surface area contributed by atoms with Crippen LogP contribution in [-0.2, 0) is 6.54 Å². The van der Waals surface area contributed by atoms with Crippen LogP contribution in [-0.4, -0.2) is 58.0 Å². The van der Waals surface area contributed by atoms with E-state index in [1.165, 1.54) is 11.3 Å². The van der Waals surface area contributed by atoms with Gasteiger partial charge >= 0.3 is 0 Å². The summed E-state index contributed by atoms with van der Waals surface area (Å²) in [4.78, 5) is 4.84. The molecule has 0 amide bonds. The maximum absolute atomic E-state index is 9.13. The smallest absolute Gasteiger partial charge is 0.185 e. The van der Waals surface area contributed by atoms with Crippen molar-refractivity contribution in [3.05, 3.63) is 72.2 Å². The maximum atomic E-state index is 9.13. The second-order valence-electron chi connectivity index (χ2n) is 10.2. The normalized spacial score (nSPS) is 18.7. The molecule has 176 valence electrons. The van der Waals surface area contributed by atoms with Crippen molar-refractivity contribution in [2.45, 2.75) is 13.5 Å². The Balaban J connectivity index is 1.36. The van der Waals surface area contributed by atoms with E-state index in [1.54, 1.807) is 0 Å². The molecular formula is C28H29N7. The van der Waals surface area contributed by atoms with Gasteiger partial charge in [0.1, 0.15) is 6.33 Å². The van der Waals surface area contributed by atoms with Crippen LogP contribution in [0.2, 0.25) is 0 Å². The molecule has 7 heteroatoms. The first-order valence-electron chi connectivity index (χ1n) is 12.1. The molecule has 2 aromatic carbocycles. The van der Waals surface area contributed by atoms with Crippen molar-refractivity contribution in [2.75, 3.05) is 38.6 Å². The molecule has 35 heavy (non-hydrogen) atoms. The molecule has 0 unspecified atom stereocenters. The zero-order chi connectivity index (χ0) is 24.1. The first-order valence-corrected chi connectivity index (χ1v) is 12.1. The Labute approximate surface area is 205 Å². The predicted molar refractivity (Wildman–Crippen MR) is 137 cm³/mol. The van der Waals surface area contributed by atoms with Gasteiger partial charge in [-0.1, -0.05) is 19.1 Å². The van der Waals surface area contributed by atoms with Gasteiger partial charge in [0.05, 0.1) is 23.0 Å². The molecule has 2 aliphatic heterocycles. The molecular weight excluding hydrogens is 434 g/mol. The zero-order valence-electron chi connectivity index (χ0n) is 20.4. The van der Waals surface area contributed by atoms with Gasteiger partial charge in [-0.3, -0.25) is 4.57 Å². The van der Waals surface area contributed by atoms with E-state index in [0.29, 0.717) is 17.4 Å². The molecule has 2 aliphatic rings. The number of hydrogen-bond donors (Lipinski definition) is 0. The number of hydrogen-bond acceptors (Lipinski definition) is 5. The fourth-order valence-electron chi connectivity index (χ4n) is 5.58. The fraction of sp³-hybridized carbons (Fsp3) is 0.321. The highest BCUT2D eigenvalue weighted by Crippen LogP contribution is 2.36. The van der Waals surface area contributed by atoms with Crippen LogP contribution < -0.4 is 4.90 Å². The van der Waals surface area contributed by atoms with Gasteiger partial charge in [-0.2, -0.15) is 5.26 Å². The summed E-state index contributed by atoms with van der Waals surface area (Å²) in [7, 11) is 4.32. The van der Waals surface area contributed by atoms with E-state index in [-0.39, 0.29) is 0 Å². The van der Waals surface area contributed by atoms with Crippen LogP contribution in [0.3, 0.4) is 0 Å². The Morgan fingerprint density at radius 3 is 2.66 bits per heavy atom. The van der Waals surface area contributed by atoms with Gasteiger partial charge < -0.3 is 14.4 Å². The minimum atomic E-state index is 0.666. The molecule has 0 bridgehead atoms. The Hall–Kier alpha value is -3.89. The molecule has 1 saturated heterocycles. The number of rotatable bonds is 4. The lowest BCUT2D eigenvalue weighted by Crippen LogP contribution is -2.27. The van der Waals surface area contributed by atoms with E-state index in [9.17, 15) is 0 Å². The second kappa shape index (κ2) is 8.40. The molecule has 1 fully saturated rings. The Kier molecular flexibility index (Phi) is 5.19. The molecule has 0 N–H and O–H groups in total. The molecule has 0 aliphatic carbocycles. The van der Waals surface area contributed by atoms with Crippen molar-refractivity contribution < 1.29 is 0 Å². The van der Waals surface area contributed by atoms with Crippen LogP contribution in [0.15, 0.2) is 61.1 Å². The number of nitrogens with zero attached hydrogens (tertiary/aromatic N) is 7. The topological polar surface area (TPSA) is 65.9 Å².